The Bertz CT molecular complexity index is 1200. The molecule has 0 amide bonds. The summed E-state index contributed by atoms with van der Waals surface area (Å²) in [6.07, 6.45) is 1.24. The number of hydrogen-bond donors (Lipinski definition) is 2. The average Bonchev–Trinajstić information content (AvgIpc) is 3.34. The number of ether oxygens (including phenoxy) is 2. The normalized spacial score (nSPS) is 17.4. The van der Waals surface area contributed by atoms with Gasteiger partial charge in [0.2, 0.25) is 10.0 Å². The van der Waals surface area contributed by atoms with Gasteiger partial charge in [-0.2, -0.15) is 9.41 Å². The van der Waals surface area contributed by atoms with Crippen molar-refractivity contribution in [3.63, 3.8) is 0 Å². The number of nitrogens with one attached hydrogen (secondary N) is 2. The molecule has 15 heteroatoms. The van der Waals surface area contributed by atoms with Crippen LogP contribution in [0, 0.1) is 10.1 Å². The Balaban J connectivity index is 1.53. The van der Waals surface area contributed by atoms with Gasteiger partial charge in [0.25, 0.3) is 0 Å². The Morgan fingerprint density at radius 2 is 1.77 bits per heavy atom. The summed E-state index contributed by atoms with van der Waals surface area (Å²) in [7, 11) is -3.72. The van der Waals surface area contributed by atoms with Crippen LogP contribution in [0.1, 0.15) is 5.76 Å². The molecule has 2 saturated heterocycles. The van der Waals surface area contributed by atoms with Crippen molar-refractivity contribution in [1.29, 1.82) is 0 Å². The third-order valence-corrected chi connectivity index (χ3v) is 7.41. The molecule has 1 aromatic carbocycles. The molecule has 0 aliphatic carbocycles. The van der Waals surface area contributed by atoms with Crippen LogP contribution >= 0.6 is 12.2 Å². The number of morpholine rings is 2. The first-order valence-electron chi connectivity index (χ1n) is 10.7. The van der Waals surface area contributed by atoms with E-state index in [9.17, 15) is 18.5 Å². The highest BCUT2D eigenvalue weighted by Gasteiger charge is 2.28. The minimum absolute atomic E-state index is 0.0951. The molecule has 2 aliphatic rings. The Labute approximate surface area is 206 Å². The van der Waals surface area contributed by atoms with Gasteiger partial charge in [0.15, 0.2) is 10.9 Å². The SMILES string of the molecule is O=[N+]([O-])c1ccc(/C=N\NC(=S)Nc2cc(S(=O)(=O)N3CCOCC3)ccc2N2CCOCC2)o1. The van der Waals surface area contributed by atoms with E-state index in [1.54, 1.807) is 18.2 Å². The Kier molecular flexibility index (Phi) is 7.92. The van der Waals surface area contributed by atoms with E-state index < -0.39 is 20.8 Å². The van der Waals surface area contributed by atoms with Crippen molar-refractivity contribution in [2.45, 2.75) is 4.90 Å². The predicted molar refractivity (Wildman–Crippen MR) is 131 cm³/mol. The van der Waals surface area contributed by atoms with Gasteiger partial charge < -0.3 is 24.1 Å². The molecule has 2 aliphatic heterocycles. The molecule has 1 aromatic heterocycles. The molecule has 0 saturated carbocycles. The fourth-order valence-electron chi connectivity index (χ4n) is 3.61. The van der Waals surface area contributed by atoms with Crippen molar-refractivity contribution in [3.8, 4) is 0 Å². The lowest BCUT2D eigenvalue weighted by atomic mass is 10.2. The third-order valence-electron chi connectivity index (χ3n) is 5.33. The van der Waals surface area contributed by atoms with Crippen LogP contribution in [-0.4, -0.2) is 81.6 Å². The van der Waals surface area contributed by atoms with E-state index >= 15 is 0 Å². The number of sulfonamides is 1. The minimum Gasteiger partial charge on any atom is -0.400 e. The first-order valence-corrected chi connectivity index (χ1v) is 12.6. The summed E-state index contributed by atoms with van der Waals surface area (Å²) >= 11 is 5.33. The van der Waals surface area contributed by atoms with Crippen LogP contribution in [0.4, 0.5) is 17.3 Å². The predicted octanol–water partition coefficient (Wildman–Crippen LogP) is 1.37. The smallest absolute Gasteiger partial charge is 0.400 e. The van der Waals surface area contributed by atoms with Crippen molar-refractivity contribution >= 4 is 50.8 Å². The second-order valence-corrected chi connectivity index (χ2v) is 9.90. The van der Waals surface area contributed by atoms with Gasteiger partial charge in [0.1, 0.15) is 4.92 Å². The molecule has 35 heavy (non-hydrogen) atoms. The van der Waals surface area contributed by atoms with Crippen molar-refractivity contribution in [1.82, 2.24) is 9.73 Å². The summed E-state index contributed by atoms with van der Waals surface area (Å²) in [5.41, 5.74) is 3.87. The molecule has 4 rings (SSSR count). The number of anilines is 2. The highest BCUT2D eigenvalue weighted by molar-refractivity contribution is 7.89. The lowest BCUT2D eigenvalue weighted by Gasteiger charge is -2.31. The van der Waals surface area contributed by atoms with Crippen LogP contribution in [0.15, 0.2) is 44.7 Å². The van der Waals surface area contributed by atoms with Crippen LogP contribution in [0.25, 0.3) is 0 Å². The van der Waals surface area contributed by atoms with E-state index in [1.165, 1.54) is 22.7 Å². The van der Waals surface area contributed by atoms with Gasteiger partial charge in [0.05, 0.1) is 55.0 Å². The molecule has 2 aromatic rings. The number of hydrazone groups is 1. The first kappa shape index (κ1) is 25.0. The lowest BCUT2D eigenvalue weighted by Crippen LogP contribution is -2.40. The Morgan fingerprint density at radius 1 is 1.09 bits per heavy atom. The zero-order valence-corrected chi connectivity index (χ0v) is 20.2. The van der Waals surface area contributed by atoms with Gasteiger partial charge in [-0.05, 0) is 36.5 Å². The number of benzene rings is 1. The number of nitrogens with zero attached hydrogens (tertiary/aromatic N) is 4. The minimum atomic E-state index is -3.72. The molecule has 0 spiro atoms. The fraction of sp³-hybridized carbons (Fsp3) is 0.400. The van der Waals surface area contributed by atoms with Crippen LogP contribution in [0.5, 0.6) is 0 Å². The third kappa shape index (κ3) is 6.12. The summed E-state index contributed by atoms with van der Waals surface area (Å²) in [4.78, 5) is 12.3. The molecule has 0 bridgehead atoms. The Morgan fingerprint density at radius 3 is 2.43 bits per heavy atom. The molecule has 0 unspecified atom stereocenters. The van der Waals surface area contributed by atoms with Gasteiger partial charge in [-0.25, -0.2) is 8.42 Å². The van der Waals surface area contributed by atoms with Crippen LogP contribution in [0.3, 0.4) is 0 Å². The summed E-state index contributed by atoms with van der Waals surface area (Å²) in [6.45, 7) is 3.65. The molecule has 0 radical (unpaired) electrons. The van der Waals surface area contributed by atoms with E-state index in [4.69, 9.17) is 26.1 Å². The molecular weight excluding hydrogens is 500 g/mol. The van der Waals surface area contributed by atoms with Crippen molar-refractivity contribution in [2.75, 3.05) is 62.8 Å². The standard InChI is InChI=1S/C20H24N6O7S2/c27-26(28)19-4-1-15(33-19)14-21-23-20(34)22-17-13-16(35(29,30)25-7-11-32-12-8-25)2-3-18(17)24-5-9-31-10-6-24/h1-4,13-14H,5-12H2,(H2,22,23,34)/b21-14-. The van der Waals surface area contributed by atoms with Crippen LogP contribution in [-0.2, 0) is 19.5 Å². The molecule has 2 fully saturated rings. The molecule has 2 N–H and O–H groups in total. The van der Waals surface area contributed by atoms with E-state index in [1.807, 2.05) is 0 Å². The van der Waals surface area contributed by atoms with E-state index in [0.29, 0.717) is 45.2 Å². The summed E-state index contributed by atoms with van der Waals surface area (Å²) in [5, 5.41) is 17.8. The lowest BCUT2D eigenvalue weighted by molar-refractivity contribution is -0.402. The number of rotatable bonds is 7. The molecule has 188 valence electrons. The summed E-state index contributed by atoms with van der Waals surface area (Å²) in [5.74, 6) is -0.236. The van der Waals surface area contributed by atoms with Gasteiger partial charge in [-0.3, -0.25) is 15.5 Å². The average molecular weight is 525 g/mol. The topological polar surface area (TPSA) is 152 Å². The second-order valence-electron chi connectivity index (χ2n) is 7.55. The number of nitro groups is 1. The maximum Gasteiger partial charge on any atom is 0.433 e. The van der Waals surface area contributed by atoms with Gasteiger partial charge in [-0.1, -0.05) is 0 Å². The molecule has 0 atom stereocenters. The van der Waals surface area contributed by atoms with Crippen molar-refractivity contribution in [2.24, 2.45) is 5.10 Å². The monoisotopic (exact) mass is 524 g/mol. The van der Waals surface area contributed by atoms with Gasteiger partial charge in [0, 0.05) is 26.2 Å². The summed E-state index contributed by atoms with van der Waals surface area (Å²) < 4.78 is 43.4. The number of thiocarbonyl (C=S) groups is 1. The maximum absolute atomic E-state index is 13.2. The Hall–Kier alpha value is -3.11. The zero-order chi connectivity index (χ0) is 24.8. The fourth-order valence-corrected chi connectivity index (χ4v) is 5.20. The second kappa shape index (κ2) is 11.1. The number of furan rings is 1. The summed E-state index contributed by atoms with van der Waals surface area (Å²) in [6, 6.07) is 7.49. The van der Waals surface area contributed by atoms with Gasteiger partial charge in [-0.15, -0.1) is 0 Å². The van der Waals surface area contributed by atoms with Crippen LogP contribution < -0.4 is 15.6 Å². The highest BCUT2D eigenvalue weighted by Crippen LogP contribution is 2.31. The largest absolute Gasteiger partial charge is 0.433 e. The van der Waals surface area contributed by atoms with Crippen LogP contribution in [0.2, 0.25) is 0 Å². The molecule has 3 heterocycles. The van der Waals surface area contributed by atoms with Crippen molar-refractivity contribution < 1.29 is 27.2 Å². The van der Waals surface area contributed by atoms with Crippen molar-refractivity contribution in [3.05, 3.63) is 46.2 Å². The maximum atomic E-state index is 13.2. The molecule has 13 nitrogen and oxygen atoms in total. The zero-order valence-electron chi connectivity index (χ0n) is 18.6. The van der Waals surface area contributed by atoms with E-state index in [-0.39, 0.29) is 28.9 Å². The molecular formula is C20H24N6O7S2. The van der Waals surface area contributed by atoms with E-state index in [0.717, 1.165) is 5.69 Å². The number of hydrogen-bond acceptors (Lipinski definition) is 10. The highest BCUT2D eigenvalue weighted by atomic mass is 32.2. The van der Waals surface area contributed by atoms with E-state index in [2.05, 4.69) is 20.7 Å². The quantitative estimate of drug-likeness (QED) is 0.234. The van der Waals surface area contributed by atoms with Gasteiger partial charge >= 0.3 is 5.88 Å². The first-order chi connectivity index (χ1) is 16.8.